The Morgan fingerprint density at radius 2 is 2.33 bits per heavy atom. The van der Waals surface area contributed by atoms with Crippen LogP contribution < -0.4 is 10.2 Å². The van der Waals surface area contributed by atoms with E-state index in [0.717, 1.165) is 30.9 Å². The molecule has 0 saturated carbocycles. The molecule has 2 rings (SSSR count). The third kappa shape index (κ3) is 2.83. The van der Waals surface area contributed by atoms with Crippen molar-refractivity contribution in [2.75, 3.05) is 24.5 Å². The van der Waals surface area contributed by atoms with Crippen LogP contribution in [0.25, 0.3) is 0 Å². The zero-order valence-corrected chi connectivity index (χ0v) is 11.2. The Morgan fingerprint density at radius 1 is 1.50 bits per heavy atom. The topological polar surface area (TPSA) is 39.1 Å². The Kier molecular flexibility index (Phi) is 4.22. The van der Waals surface area contributed by atoms with Gasteiger partial charge in [0.15, 0.2) is 0 Å². The molecule has 3 heteroatoms. The molecule has 0 radical (unpaired) electrons. The predicted molar refractivity (Wildman–Crippen MR) is 74.8 cm³/mol. The minimum atomic E-state index is 0.567. The molecular formula is C15H21N3. The Labute approximate surface area is 109 Å². The lowest BCUT2D eigenvalue weighted by molar-refractivity contribution is 0.586. The highest BCUT2D eigenvalue weighted by Gasteiger charge is 2.18. The molecule has 1 unspecified atom stereocenters. The standard InChI is InChI=1S/C15H21N3/c1-3-18(11-14-5-4-8-17-14)15-9-12(2)6-7-13(15)10-16/h6-7,9,14,17H,3-5,8,11H2,1-2H3. The molecule has 1 aliphatic rings. The molecule has 1 aliphatic heterocycles. The smallest absolute Gasteiger partial charge is 0.101 e. The van der Waals surface area contributed by atoms with E-state index < -0.39 is 0 Å². The van der Waals surface area contributed by atoms with E-state index in [4.69, 9.17) is 0 Å². The monoisotopic (exact) mass is 243 g/mol. The molecule has 1 fully saturated rings. The van der Waals surface area contributed by atoms with Crippen molar-refractivity contribution in [2.24, 2.45) is 0 Å². The van der Waals surface area contributed by atoms with Crippen molar-refractivity contribution in [2.45, 2.75) is 32.7 Å². The molecule has 0 aromatic heterocycles. The maximum Gasteiger partial charge on any atom is 0.101 e. The van der Waals surface area contributed by atoms with Crippen LogP contribution in [0.15, 0.2) is 18.2 Å². The van der Waals surface area contributed by atoms with Crippen LogP contribution in [0, 0.1) is 18.3 Å². The summed E-state index contributed by atoms with van der Waals surface area (Å²) in [6.45, 7) is 7.29. The second-order valence-electron chi connectivity index (χ2n) is 4.96. The molecule has 0 bridgehead atoms. The van der Waals surface area contributed by atoms with Crippen LogP contribution in [-0.4, -0.2) is 25.7 Å². The average Bonchev–Trinajstić information content (AvgIpc) is 2.88. The van der Waals surface area contributed by atoms with Crippen molar-refractivity contribution >= 4 is 5.69 Å². The summed E-state index contributed by atoms with van der Waals surface area (Å²) in [5.74, 6) is 0. The quantitative estimate of drug-likeness (QED) is 0.883. The van der Waals surface area contributed by atoms with Gasteiger partial charge in [-0.25, -0.2) is 0 Å². The van der Waals surface area contributed by atoms with E-state index >= 15 is 0 Å². The van der Waals surface area contributed by atoms with Gasteiger partial charge in [0.05, 0.1) is 11.3 Å². The van der Waals surface area contributed by atoms with Gasteiger partial charge >= 0.3 is 0 Å². The number of aryl methyl sites for hydroxylation is 1. The van der Waals surface area contributed by atoms with Crippen LogP contribution in [0.3, 0.4) is 0 Å². The van der Waals surface area contributed by atoms with Gasteiger partial charge in [0.2, 0.25) is 0 Å². The normalized spacial score (nSPS) is 18.6. The summed E-state index contributed by atoms with van der Waals surface area (Å²) in [7, 11) is 0. The van der Waals surface area contributed by atoms with Gasteiger partial charge in [-0.15, -0.1) is 0 Å². The fourth-order valence-corrected chi connectivity index (χ4v) is 2.57. The van der Waals surface area contributed by atoms with Crippen molar-refractivity contribution < 1.29 is 0 Å². The minimum absolute atomic E-state index is 0.567. The lowest BCUT2D eigenvalue weighted by Gasteiger charge is -2.27. The van der Waals surface area contributed by atoms with Crippen molar-refractivity contribution in [3.63, 3.8) is 0 Å². The van der Waals surface area contributed by atoms with E-state index in [1.54, 1.807) is 0 Å². The Bertz CT molecular complexity index is 442. The van der Waals surface area contributed by atoms with Crippen LogP contribution in [0.5, 0.6) is 0 Å². The summed E-state index contributed by atoms with van der Waals surface area (Å²) in [5.41, 5.74) is 3.07. The van der Waals surface area contributed by atoms with Crippen molar-refractivity contribution in [3.8, 4) is 6.07 Å². The molecule has 0 amide bonds. The third-order valence-electron chi connectivity index (χ3n) is 3.60. The molecule has 3 nitrogen and oxygen atoms in total. The minimum Gasteiger partial charge on any atom is -0.369 e. The number of nitrogens with one attached hydrogen (secondary N) is 1. The first kappa shape index (κ1) is 12.9. The summed E-state index contributed by atoms with van der Waals surface area (Å²) < 4.78 is 0. The van der Waals surface area contributed by atoms with E-state index in [0.29, 0.717) is 6.04 Å². The molecule has 96 valence electrons. The van der Waals surface area contributed by atoms with E-state index in [9.17, 15) is 5.26 Å². The second kappa shape index (κ2) is 5.88. The van der Waals surface area contributed by atoms with Gasteiger partial charge in [0, 0.05) is 19.1 Å². The van der Waals surface area contributed by atoms with E-state index in [1.807, 2.05) is 12.1 Å². The first-order valence-electron chi connectivity index (χ1n) is 6.73. The van der Waals surface area contributed by atoms with Crippen molar-refractivity contribution in [1.29, 1.82) is 5.26 Å². The Morgan fingerprint density at radius 3 is 2.94 bits per heavy atom. The third-order valence-corrected chi connectivity index (χ3v) is 3.60. The zero-order valence-electron chi connectivity index (χ0n) is 11.2. The SMILES string of the molecule is CCN(CC1CCCN1)c1cc(C)ccc1C#N. The van der Waals surface area contributed by atoms with Crippen LogP contribution in [0.1, 0.15) is 30.9 Å². The average molecular weight is 243 g/mol. The van der Waals surface area contributed by atoms with Gasteiger partial charge in [-0.1, -0.05) is 6.07 Å². The number of rotatable bonds is 4. The Hall–Kier alpha value is -1.53. The van der Waals surface area contributed by atoms with Gasteiger partial charge in [-0.3, -0.25) is 0 Å². The molecule has 18 heavy (non-hydrogen) atoms. The first-order chi connectivity index (χ1) is 8.74. The van der Waals surface area contributed by atoms with E-state index in [-0.39, 0.29) is 0 Å². The maximum absolute atomic E-state index is 9.22. The fourth-order valence-electron chi connectivity index (χ4n) is 2.57. The number of likely N-dealkylation sites (N-methyl/N-ethyl adjacent to an activating group) is 1. The van der Waals surface area contributed by atoms with Crippen molar-refractivity contribution in [3.05, 3.63) is 29.3 Å². The van der Waals surface area contributed by atoms with Crippen LogP contribution in [0.4, 0.5) is 5.69 Å². The molecular weight excluding hydrogens is 222 g/mol. The van der Waals surface area contributed by atoms with Crippen molar-refractivity contribution in [1.82, 2.24) is 5.32 Å². The lowest BCUT2D eigenvalue weighted by atomic mass is 10.1. The molecule has 1 atom stereocenters. The summed E-state index contributed by atoms with van der Waals surface area (Å²) in [6, 6.07) is 8.92. The van der Waals surface area contributed by atoms with E-state index in [1.165, 1.54) is 18.4 Å². The van der Waals surface area contributed by atoms with Gasteiger partial charge < -0.3 is 10.2 Å². The van der Waals surface area contributed by atoms with E-state index in [2.05, 4.69) is 36.2 Å². The van der Waals surface area contributed by atoms with Crippen LogP contribution in [-0.2, 0) is 0 Å². The number of anilines is 1. The number of benzene rings is 1. The van der Waals surface area contributed by atoms with Crippen LogP contribution in [0.2, 0.25) is 0 Å². The summed E-state index contributed by atoms with van der Waals surface area (Å²) in [6.07, 6.45) is 2.51. The van der Waals surface area contributed by atoms with Crippen LogP contribution >= 0.6 is 0 Å². The highest BCUT2D eigenvalue weighted by Crippen LogP contribution is 2.22. The molecule has 0 aliphatic carbocycles. The highest BCUT2D eigenvalue weighted by atomic mass is 15.2. The van der Waals surface area contributed by atoms with Gasteiger partial charge in [-0.2, -0.15) is 5.26 Å². The predicted octanol–water partition coefficient (Wildman–Crippen LogP) is 2.45. The zero-order chi connectivity index (χ0) is 13.0. The molecule has 1 saturated heterocycles. The molecule has 1 N–H and O–H groups in total. The number of hydrogen-bond donors (Lipinski definition) is 1. The molecule has 1 heterocycles. The Balaban J connectivity index is 2.20. The largest absolute Gasteiger partial charge is 0.369 e. The number of hydrogen-bond acceptors (Lipinski definition) is 3. The first-order valence-corrected chi connectivity index (χ1v) is 6.73. The lowest BCUT2D eigenvalue weighted by Crippen LogP contribution is -2.37. The van der Waals surface area contributed by atoms with Gasteiger partial charge in [0.1, 0.15) is 6.07 Å². The summed E-state index contributed by atoms with van der Waals surface area (Å²) in [5, 5.41) is 12.7. The molecule has 1 aromatic carbocycles. The number of nitriles is 1. The van der Waals surface area contributed by atoms with Gasteiger partial charge in [-0.05, 0) is 50.9 Å². The molecule has 0 spiro atoms. The maximum atomic E-state index is 9.22. The highest BCUT2D eigenvalue weighted by molar-refractivity contribution is 5.60. The summed E-state index contributed by atoms with van der Waals surface area (Å²) >= 11 is 0. The fraction of sp³-hybridized carbons (Fsp3) is 0.533. The second-order valence-corrected chi connectivity index (χ2v) is 4.96. The van der Waals surface area contributed by atoms with Gasteiger partial charge in [0.25, 0.3) is 0 Å². The summed E-state index contributed by atoms with van der Waals surface area (Å²) in [4.78, 5) is 2.31. The number of nitrogens with zero attached hydrogens (tertiary/aromatic N) is 2. The molecule has 1 aromatic rings.